The van der Waals surface area contributed by atoms with Gasteiger partial charge >= 0.3 is 0 Å². The number of benzene rings is 1. The first-order valence-corrected chi connectivity index (χ1v) is 9.14. The maximum absolute atomic E-state index is 13.0. The molecule has 3 rings (SSSR count). The van der Waals surface area contributed by atoms with Crippen molar-refractivity contribution in [2.75, 3.05) is 0 Å². The van der Waals surface area contributed by atoms with E-state index in [0.717, 1.165) is 18.4 Å². The van der Waals surface area contributed by atoms with Crippen LogP contribution in [0.25, 0.3) is 0 Å². The predicted molar refractivity (Wildman–Crippen MR) is 116 cm³/mol. The van der Waals surface area contributed by atoms with E-state index < -0.39 is 0 Å². The number of rotatable bonds is 5. The van der Waals surface area contributed by atoms with E-state index in [2.05, 4.69) is 15.3 Å². The normalized spacial score (nSPS) is 15.5. The van der Waals surface area contributed by atoms with Gasteiger partial charge < -0.3 is 15.8 Å². The average molecular weight is 484 g/mol. The van der Waals surface area contributed by atoms with Crippen molar-refractivity contribution in [3.8, 4) is 11.6 Å². The monoisotopic (exact) mass is 484 g/mol. The Labute approximate surface area is 176 Å². The van der Waals surface area contributed by atoms with E-state index in [1.54, 1.807) is 18.3 Å². The highest BCUT2D eigenvalue weighted by Crippen LogP contribution is 2.20. The van der Waals surface area contributed by atoms with E-state index in [0.29, 0.717) is 30.2 Å². The number of nitrogens with one attached hydrogen (secondary N) is 1. The zero-order valence-corrected chi connectivity index (χ0v) is 17.6. The second-order valence-electron chi connectivity index (χ2n) is 6.59. The number of nitrogens with zero attached hydrogens (tertiary/aromatic N) is 2. The first-order chi connectivity index (χ1) is 12.7. The summed E-state index contributed by atoms with van der Waals surface area (Å²) in [4.78, 5) is 8.61. The summed E-state index contributed by atoms with van der Waals surface area (Å²) in [5.41, 5.74) is 6.98. The number of nitrogens with two attached hydrogens (primary N) is 1. The van der Waals surface area contributed by atoms with Crippen molar-refractivity contribution < 1.29 is 9.13 Å². The molecule has 1 saturated carbocycles. The number of ether oxygens (including phenoxy) is 1. The molecule has 146 valence electrons. The second-order valence-corrected chi connectivity index (χ2v) is 6.59. The molecule has 0 aliphatic heterocycles. The fourth-order valence-corrected chi connectivity index (χ4v) is 3.08. The van der Waals surface area contributed by atoms with Crippen LogP contribution in [0.4, 0.5) is 4.39 Å². The van der Waals surface area contributed by atoms with Gasteiger partial charge in [-0.25, -0.2) is 14.4 Å². The van der Waals surface area contributed by atoms with E-state index in [4.69, 9.17) is 10.5 Å². The lowest BCUT2D eigenvalue weighted by molar-refractivity contribution is 0.460. The molecule has 0 saturated heterocycles. The van der Waals surface area contributed by atoms with Crippen molar-refractivity contribution in [3.05, 3.63) is 54.0 Å². The molecule has 2 aromatic rings. The fourth-order valence-electron chi connectivity index (χ4n) is 3.08. The van der Waals surface area contributed by atoms with Gasteiger partial charge in [-0.15, -0.1) is 24.0 Å². The van der Waals surface area contributed by atoms with E-state index in [1.165, 1.54) is 37.8 Å². The third-order valence-electron chi connectivity index (χ3n) is 4.47. The maximum Gasteiger partial charge on any atom is 0.219 e. The van der Waals surface area contributed by atoms with Gasteiger partial charge in [0.1, 0.15) is 11.6 Å². The Kier molecular flexibility index (Phi) is 8.77. The molecule has 5 nitrogen and oxygen atoms in total. The summed E-state index contributed by atoms with van der Waals surface area (Å²) in [6.07, 6.45) is 9.09. The molecule has 1 aliphatic rings. The van der Waals surface area contributed by atoms with Crippen LogP contribution in [0.1, 0.15) is 44.1 Å². The second kappa shape index (κ2) is 11.1. The first-order valence-electron chi connectivity index (χ1n) is 9.14. The van der Waals surface area contributed by atoms with Crippen LogP contribution in [0, 0.1) is 5.82 Å². The Morgan fingerprint density at radius 2 is 1.85 bits per heavy atom. The van der Waals surface area contributed by atoms with Crippen LogP contribution in [-0.2, 0) is 6.54 Å². The minimum Gasteiger partial charge on any atom is -0.439 e. The average Bonchev–Trinajstić information content (AvgIpc) is 2.91. The minimum atomic E-state index is -0.301. The van der Waals surface area contributed by atoms with Gasteiger partial charge in [-0.3, -0.25) is 0 Å². The van der Waals surface area contributed by atoms with E-state index in [-0.39, 0.29) is 29.8 Å². The number of aromatic nitrogens is 1. The maximum atomic E-state index is 13.0. The van der Waals surface area contributed by atoms with Gasteiger partial charge in [-0.1, -0.05) is 25.7 Å². The van der Waals surface area contributed by atoms with Crippen LogP contribution >= 0.6 is 24.0 Å². The van der Waals surface area contributed by atoms with E-state index in [1.807, 2.05) is 12.1 Å². The molecular formula is C20H26FIN4O. The van der Waals surface area contributed by atoms with Crippen LogP contribution in [0.5, 0.6) is 11.6 Å². The lowest BCUT2D eigenvalue weighted by Crippen LogP contribution is -2.39. The fraction of sp³-hybridized carbons (Fsp3) is 0.400. The number of hydrogen-bond acceptors (Lipinski definition) is 3. The standard InChI is InChI=1S/C20H25FN4O.HI/c21-16-7-9-18(10-8-16)26-19-13-15(11-12-23-19)14-24-20(22)25-17-5-3-1-2-4-6-17;/h7-13,17H,1-6,14H2,(H3,22,24,25);1H. The zero-order valence-electron chi connectivity index (χ0n) is 15.2. The molecule has 0 unspecified atom stereocenters. The van der Waals surface area contributed by atoms with Crippen molar-refractivity contribution in [1.29, 1.82) is 0 Å². The summed E-state index contributed by atoms with van der Waals surface area (Å²) in [6.45, 7) is 0.452. The number of pyridine rings is 1. The van der Waals surface area contributed by atoms with Crippen LogP contribution < -0.4 is 15.8 Å². The van der Waals surface area contributed by atoms with Gasteiger partial charge in [0, 0.05) is 18.3 Å². The molecular weight excluding hydrogens is 458 g/mol. The molecule has 0 amide bonds. The molecule has 1 heterocycles. The summed E-state index contributed by atoms with van der Waals surface area (Å²) < 4.78 is 18.6. The molecule has 7 heteroatoms. The van der Waals surface area contributed by atoms with Crippen molar-refractivity contribution in [2.45, 2.75) is 51.1 Å². The summed E-state index contributed by atoms with van der Waals surface area (Å²) in [7, 11) is 0. The zero-order chi connectivity index (χ0) is 18.2. The van der Waals surface area contributed by atoms with Gasteiger partial charge in [0.25, 0.3) is 0 Å². The molecule has 0 atom stereocenters. The van der Waals surface area contributed by atoms with Crippen LogP contribution in [-0.4, -0.2) is 17.0 Å². The highest BCUT2D eigenvalue weighted by molar-refractivity contribution is 14.0. The van der Waals surface area contributed by atoms with Crippen molar-refractivity contribution in [1.82, 2.24) is 10.3 Å². The largest absolute Gasteiger partial charge is 0.439 e. The molecule has 1 aliphatic carbocycles. The lowest BCUT2D eigenvalue weighted by atomic mass is 10.1. The smallest absolute Gasteiger partial charge is 0.219 e. The molecule has 0 bridgehead atoms. The summed E-state index contributed by atoms with van der Waals surface area (Å²) in [5.74, 6) is 1.16. The van der Waals surface area contributed by atoms with Crippen LogP contribution in [0.2, 0.25) is 0 Å². The van der Waals surface area contributed by atoms with Crippen LogP contribution in [0.3, 0.4) is 0 Å². The SMILES string of the molecule is I.NC(=NCc1ccnc(Oc2ccc(F)cc2)c1)NC1CCCCCC1. The van der Waals surface area contributed by atoms with Gasteiger partial charge in [0.05, 0.1) is 6.54 Å². The molecule has 1 aromatic carbocycles. The summed E-state index contributed by atoms with van der Waals surface area (Å²) in [5, 5.41) is 3.33. The third kappa shape index (κ3) is 7.32. The van der Waals surface area contributed by atoms with Crippen molar-refractivity contribution in [3.63, 3.8) is 0 Å². The van der Waals surface area contributed by atoms with Gasteiger partial charge in [0.2, 0.25) is 5.88 Å². The number of aliphatic imine (C=N–C) groups is 1. The molecule has 27 heavy (non-hydrogen) atoms. The Morgan fingerprint density at radius 3 is 2.56 bits per heavy atom. The quantitative estimate of drug-likeness (QED) is 0.278. The molecule has 0 spiro atoms. The Hall–Kier alpha value is -1.90. The van der Waals surface area contributed by atoms with Gasteiger partial charge in [-0.05, 0) is 48.7 Å². The highest BCUT2D eigenvalue weighted by Gasteiger charge is 2.12. The predicted octanol–water partition coefficient (Wildman–Crippen LogP) is 4.76. The van der Waals surface area contributed by atoms with E-state index in [9.17, 15) is 4.39 Å². The van der Waals surface area contributed by atoms with Gasteiger partial charge in [0.15, 0.2) is 5.96 Å². The Bertz CT molecular complexity index is 731. The summed E-state index contributed by atoms with van der Waals surface area (Å²) >= 11 is 0. The summed E-state index contributed by atoms with van der Waals surface area (Å²) in [6, 6.07) is 9.95. The highest BCUT2D eigenvalue weighted by atomic mass is 127. The Morgan fingerprint density at radius 1 is 1.15 bits per heavy atom. The number of guanidine groups is 1. The molecule has 1 fully saturated rings. The van der Waals surface area contributed by atoms with Crippen molar-refractivity contribution >= 4 is 29.9 Å². The Balaban J connectivity index is 0.00000261. The molecule has 0 radical (unpaired) electrons. The molecule has 1 aromatic heterocycles. The van der Waals surface area contributed by atoms with Crippen LogP contribution in [0.15, 0.2) is 47.6 Å². The lowest BCUT2D eigenvalue weighted by Gasteiger charge is -2.16. The van der Waals surface area contributed by atoms with Crippen molar-refractivity contribution in [2.24, 2.45) is 10.7 Å². The molecule has 3 N–H and O–H groups in total. The topological polar surface area (TPSA) is 72.5 Å². The number of halogens is 2. The minimum absolute atomic E-state index is 0. The van der Waals surface area contributed by atoms with Gasteiger partial charge in [-0.2, -0.15) is 0 Å². The van der Waals surface area contributed by atoms with E-state index >= 15 is 0 Å². The third-order valence-corrected chi connectivity index (χ3v) is 4.47. The first kappa shape index (κ1) is 21.4. The number of hydrogen-bond donors (Lipinski definition) is 2.